The first-order valence-electron chi connectivity index (χ1n) is 4.92. The number of ether oxygens (including phenoxy) is 2. The molecule has 0 heterocycles. The van der Waals surface area contributed by atoms with Crippen molar-refractivity contribution in [2.45, 2.75) is 12.2 Å². The molecule has 1 aliphatic carbocycles. The number of methoxy groups -OCH3 is 2. The van der Waals surface area contributed by atoms with Gasteiger partial charge in [-0.3, -0.25) is 9.59 Å². The molecule has 1 aromatic rings. The van der Waals surface area contributed by atoms with E-state index in [1.165, 1.54) is 14.2 Å². The third kappa shape index (κ3) is 1.38. The van der Waals surface area contributed by atoms with Crippen molar-refractivity contribution in [3.63, 3.8) is 0 Å². The van der Waals surface area contributed by atoms with E-state index in [0.29, 0.717) is 11.1 Å². The van der Waals surface area contributed by atoms with E-state index in [1.54, 1.807) is 24.3 Å². The van der Waals surface area contributed by atoms with Crippen LogP contribution in [0.4, 0.5) is 0 Å². The second-order valence-corrected chi connectivity index (χ2v) is 3.64. The van der Waals surface area contributed by atoms with Crippen molar-refractivity contribution < 1.29 is 19.1 Å². The van der Waals surface area contributed by atoms with Crippen molar-refractivity contribution in [2.75, 3.05) is 14.2 Å². The van der Waals surface area contributed by atoms with Gasteiger partial charge in [0.15, 0.2) is 5.78 Å². The maximum absolute atomic E-state index is 12.1. The van der Waals surface area contributed by atoms with E-state index in [0.717, 1.165) is 0 Å². The molecule has 4 nitrogen and oxygen atoms in total. The predicted octanol–water partition coefficient (Wildman–Crippen LogP) is 1.44. The molecule has 0 spiro atoms. The number of ketones is 2. The van der Waals surface area contributed by atoms with E-state index in [2.05, 4.69) is 0 Å². The van der Waals surface area contributed by atoms with Gasteiger partial charge in [-0.2, -0.15) is 0 Å². The Bertz CT molecular complexity index is 446. The highest BCUT2D eigenvalue weighted by Crippen LogP contribution is 2.31. The Morgan fingerprint density at radius 2 is 1.62 bits per heavy atom. The fourth-order valence-corrected chi connectivity index (χ4v) is 1.93. The molecular formula is C12H12O4. The van der Waals surface area contributed by atoms with Crippen molar-refractivity contribution in [1.82, 2.24) is 0 Å². The second kappa shape index (κ2) is 3.81. The van der Waals surface area contributed by atoms with Crippen molar-refractivity contribution in [3.8, 4) is 0 Å². The van der Waals surface area contributed by atoms with Crippen LogP contribution in [0.2, 0.25) is 0 Å². The summed E-state index contributed by atoms with van der Waals surface area (Å²) in [6, 6.07) is 6.70. The minimum atomic E-state index is -1.45. The number of fused-ring (bicyclic) bond motifs is 1. The lowest BCUT2D eigenvalue weighted by Gasteiger charge is -2.32. The van der Waals surface area contributed by atoms with E-state index in [9.17, 15) is 9.59 Å². The normalized spacial score (nSPS) is 18.4. The Morgan fingerprint density at radius 1 is 1.06 bits per heavy atom. The highest BCUT2D eigenvalue weighted by atomic mass is 16.7. The number of carbonyl (C=O) groups excluding carboxylic acids is 2. The number of benzene rings is 1. The minimum Gasteiger partial charge on any atom is -0.346 e. The topological polar surface area (TPSA) is 52.6 Å². The lowest BCUT2D eigenvalue weighted by atomic mass is 9.85. The van der Waals surface area contributed by atoms with Crippen molar-refractivity contribution >= 4 is 11.6 Å². The zero-order chi connectivity index (χ0) is 11.8. The number of carbonyl (C=O) groups is 2. The van der Waals surface area contributed by atoms with Gasteiger partial charge in [-0.1, -0.05) is 24.3 Å². The zero-order valence-corrected chi connectivity index (χ0v) is 9.15. The monoisotopic (exact) mass is 220 g/mol. The summed E-state index contributed by atoms with van der Waals surface area (Å²) in [6.07, 6.45) is -0.0736. The summed E-state index contributed by atoms with van der Waals surface area (Å²) in [6.45, 7) is 0. The van der Waals surface area contributed by atoms with Crippen LogP contribution in [-0.4, -0.2) is 31.6 Å². The summed E-state index contributed by atoms with van der Waals surface area (Å²) >= 11 is 0. The van der Waals surface area contributed by atoms with E-state index in [1.807, 2.05) is 0 Å². The summed E-state index contributed by atoms with van der Waals surface area (Å²) in [7, 11) is 2.73. The first kappa shape index (κ1) is 11.0. The van der Waals surface area contributed by atoms with Gasteiger partial charge >= 0.3 is 0 Å². The van der Waals surface area contributed by atoms with Crippen LogP contribution in [0.5, 0.6) is 0 Å². The van der Waals surface area contributed by atoms with Crippen LogP contribution in [0.25, 0.3) is 0 Å². The Morgan fingerprint density at radius 3 is 2.19 bits per heavy atom. The van der Waals surface area contributed by atoms with Gasteiger partial charge in [-0.15, -0.1) is 0 Å². The molecule has 0 radical (unpaired) electrons. The fourth-order valence-electron chi connectivity index (χ4n) is 1.93. The lowest BCUT2D eigenvalue weighted by molar-refractivity contribution is -0.167. The summed E-state index contributed by atoms with van der Waals surface area (Å²) in [5, 5.41) is 0. The third-order valence-corrected chi connectivity index (χ3v) is 2.87. The quantitative estimate of drug-likeness (QED) is 0.708. The third-order valence-electron chi connectivity index (χ3n) is 2.87. The molecule has 1 aliphatic rings. The Labute approximate surface area is 93.2 Å². The SMILES string of the molecule is COC1(OC)CC(=O)c2ccccc2C1=O. The second-order valence-electron chi connectivity index (χ2n) is 3.64. The van der Waals surface area contributed by atoms with Crippen LogP contribution in [-0.2, 0) is 9.47 Å². The summed E-state index contributed by atoms with van der Waals surface area (Å²) in [5.74, 6) is -1.89. The van der Waals surface area contributed by atoms with Gasteiger partial charge in [-0.25, -0.2) is 0 Å². The lowest BCUT2D eigenvalue weighted by Crippen LogP contribution is -2.48. The molecule has 0 aromatic heterocycles. The molecule has 0 amide bonds. The summed E-state index contributed by atoms with van der Waals surface area (Å²) < 4.78 is 10.1. The van der Waals surface area contributed by atoms with Crippen molar-refractivity contribution in [1.29, 1.82) is 0 Å². The molecule has 0 saturated carbocycles. The summed E-state index contributed by atoms with van der Waals surface area (Å²) in [5.41, 5.74) is 0.805. The molecule has 0 bridgehead atoms. The zero-order valence-electron chi connectivity index (χ0n) is 9.15. The molecule has 1 aromatic carbocycles. The molecule has 0 atom stereocenters. The average Bonchev–Trinajstić information content (AvgIpc) is 2.34. The highest BCUT2D eigenvalue weighted by molar-refractivity contribution is 6.17. The van der Waals surface area contributed by atoms with Crippen LogP contribution >= 0.6 is 0 Å². The van der Waals surface area contributed by atoms with Crippen LogP contribution < -0.4 is 0 Å². The standard InChI is InChI=1S/C12H12O4/c1-15-12(16-2)7-10(13)8-5-3-4-6-9(8)11(12)14/h3-6H,7H2,1-2H3. The molecule has 16 heavy (non-hydrogen) atoms. The Balaban J connectivity index is 2.58. The van der Waals surface area contributed by atoms with E-state index >= 15 is 0 Å². The van der Waals surface area contributed by atoms with Gasteiger partial charge in [0.25, 0.3) is 0 Å². The molecule has 4 heteroatoms. The van der Waals surface area contributed by atoms with E-state index in [-0.39, 0.29) is 18.0 Å². The molecule has 0 N–H and O–H groups in total. The van der Waals surface area contributed by atoms with Gasteiger partial charge in [-0.05, 0) is 0 Å². The van der Waals surface area contributed by atoms with E-state index in [4.69, 9.17) is 9.47 Å². The first-order valence-corrected chi connectivity index (χ1v) is 4.92. The number of hydrogen-bond donors (Lipinski definition) is 0. The number of rotatable bonds is 2. The van der Waals surface area contributed by atoms with Crippen LogP contribution in [0.15, 0.2) is 24.3 Å². The van der Waals surface area contributed by atoms with Gasteiger partial charge in [0.1, 0.15) is 0 Å². The smallest absolute Gasteiger partial charge is 0.240 e. The molecule has 0 aliphatic heterocycles. The first-order chi connectivity index (χ1) is 7.64. The van der Waals surface area contributed by atoms with Gasteiger partial charge in [0.2, 0.25) is 11.6 Å². The molecule has 2 rings (SSSR count). The highest BCUT2D eigenvalue weighted by Gasteiger charge is 2.46. The van der Waals surface area contributed by atoms with Crippen LogP contribution in [0.1, 0.15) is 27.1 Å². The number of hydrogen-bond acceptors (Lipinski definition) is 4. The minimum absolute atomic E-state index is 0.0736. The van der Waals surface area contributed by atoms with Crippen LogP contribution in [0, 0.1) is 0 Å². The average molecular weight is 220 g/mol. The number of Topliss-reactive ketones (excluding diaryl/α,β-unsaturated/α-hetero) is 2. The Kier molecular flexibility index (Phi) is 2.61. The molecule has 0 unspecified atom stereocenters. The van der Waals surface area contributed by atoms with Gasteiger partial charge in [0.05, 0.1) is 6.42 Å². The maximum Gasteiger partial charge on any atom is 0.240 e. The maximum atomic E-state index is 12.1. The van der Waals surface area contributed by atoms with Gasteiger partial charge < -0.3 is 9.47 Å². The van der Waals surface area contributed by atoms with Gasteiger partial charge in [0, 0.05) is 25.3 Å². The van der Waals surface area contributed by atoms with Crippen molar-refractivity contribution in [2.24, 2.45) is 0 Å². The molecule has 0 fully saturated rings. The molecule has 0 saturated heterocycles. The molecule has 84 valence electrons. The van der Waals surface area contributed by atoms with Crippen molar-refractivity contribution in [3.05, 3.63) is 35.4 Å². The fraction of sp³-hybridized carbons (Fsp3) is 0.333. The van der Waals surface area contributed by atoms with Crippen LogP contribution in [0.3, 0.4) is 0 Å². The molecular weight excluding hydrogens is 208 g/mol. The predicted molar refractivity (Wildman–Crippen MR) is 56.5 cm³/mol. The largest absolute Gasteiger partial charge is 0.346 e. The Hall–Kier alpha value is -1.52. The van der Waals surface area contributed by atoms with E-state index < -0.39 is 5.79 Å². The summed E-state index contributed by atoms with van der Waals surface area (Å²) in [4.78, 5) is 24.0.